The molecule has 0 unspecified atom stereocenters. The summed E-state index contributed by atoms with van der Waals surface area (Å²) in [6.07, 6.45) is 1.54. The van der Waals surface area contributed by atoms with Crippen LogP contribution in [-0.4, -0.2) is 9.17 Å². The minimum atomic E-state index is 0.471. The Bertz CT molecular complexity index is 415. The van der Waals surface area contributed by atoms with Crippen molar-refractivity contribution in [1.82, 2.24) is 9.17 Å². The summed E-state index contributed by atoms with van der Waals surface area (Å²) in [5.74, 6) is 0. The lowest BCUT2D eigenvalue weighted by Crippen LogP contribution is -1.90. The monoisotopic (exact) mass is 177 g/mol. The molecular formula is C8H7N3S. The predicted octanol–water partition coefficient (Wildman–Crippen LogP) is 1.41. The molecule has 1 heterocycles. The molecule has 1 aromatic heterocycles. The molecule has 2 rings (SSSR count). The van der Waals surface area contributed by atoms with Gasteiger partial charge in [-0.2, -0.15) is 9.17 Å². The van der Waals surface area contributed by atoms with Crippen molar-refractivity contribution >= 4 is 11.5 Å². The van der Waals surface area contributed by atoms with Crippen molar-refractivity contribution in [2.45, 2.75) is 0 Å². The second-order valence-electron chi connectivity index (χ2n) is 2.31. The van der Waals surface area contributed by atoms with Gasteiger partial charge in [0.05, 0.1) is 11.9 Å². The van der Waals surface area contributed by atoms with Gasteiger partial charge in [0.2, 0.25) is 0 Å². The number of rotatable bonds is 1. The van der Waals surface area contributed by atoms with Gasteiger partial charge < -0.3 is 0 Å². The van der Waals surface area contributed by atoms with Gasteiger partial charge in [0, 0.05) is 0 Å². The molecule has 0 aliphatic rings. The van der Waals surface area contributed by atoms with Gasteiger partial charge in [0.25, 0.3) is 0 Å². The maximum atomic E-state index is 7.30. The van der Waals surface area contributed by atoms with E-state index in [4.69, 9.17) is 5.41 Å². The average molecular weight is 177 g/mol. The molecule has 60 valence electrons. The molecular weight excluding hydrogens is 170 g/mol. The molecule has 0 atom stereocenters. The van der Waals surface area contributed by atoms with Crippen LogP contribution in [0.2, 0.25) is 0 Å². The third-order valence-corrected chi connectivity index (χ3v) is 2.22. The molecule has 0 saturated carbocycles. The van der Waals surface area contributed by atoms with E-state index in [1.807, 2.05) is 30.3 Å². The van der Waals surface area contributed by atoms with Crippen molar-refractivity contribution in [2.75, 3.05) is 0 Å². The number of benzene rings is 1. The Morgan fingerprint density at radius 2 is 2.00 bits per heavy atom. The first-order valence-electron chi connectivity index (χ1n) is 3.52. The Hall–Kier alpha value is -1.42. The smallest absolute Gasteiger partial charge is 0.146 e. The van der Waals surface area contributed by atoms with Gasteiger partial charge in [-0.25, -0.2) is 0 Å². The zero-order valence-electron chi connectivity index (χ0n) is 6.27. The molecule has 0 aliphatic carbocycles. The van der Waals surface area contributed by atoms with E-state index in [1.54, 1.807) is 4.07 Å². The van der Waals surface area contributed by atoms with Crippen LogP contribution < -0.4 is 4.67 Å². The fraction of sp³-hybridized carbons (Fsp3) is 0. The van der Waals surface area contributed by atoms with Crippen LogP contribution >= 0.6 is 11.5 Å². The molecule has 0 spiro atoms. The van der Waals surface area contributed by atoms with E-state index in [2.05, 4.69) is 5.10 Å². The molecule has 12 heavy (non-hydrogen) atoms. The summed E-state index contributed by atoms with van der Waals surface area (Å²) < 4.78 is 2.20. The van der Waals surface area contributed by atoms with Crippen LogP contribution in [0, 0.1) is 5.41 Å². The van der Waals surface area contributed by atoms with E-state index in [9.17, 15) is 0 Å². The maximum absolute atomic E-state index is 7.30. The molecule has 1 aromatic carbocycles. The van der Waals surface area contributed by atoms with Crippen molar-refractivity contribution in [3.8, 4) is 5.69 Å². The van der Waals surface area contributed by atoms with Crippen LogP contribution in [-0.2, 0) is 0 Å². The zero-order chi connectivity index (χ0) is 8.39. The molecule has 2 aromatic rings. The summed E-state index contributed by atoms with van der Waals surface area (Å²) in [7, 11) is 0. The standard InChI is InChI=1S/C8H7N3S/c9-8-6-10-11(12-8)7-4-2-1-3-5-7/h1-6,9H. The Morgan fingerprint density at radius 3 is 2.58 bits per heavy atom. The highest BCUT2D eigenvalue weighted by Crippen LogP contribution is 2.04. The predicted molar refractivity (Wildman–Crippen MR) is 47.3 cm³/mol. The van der Waals surface area contributed by atoms with Crippen molar-refractivity contribution in [3.05, 3.63) is 41.2 Å². The number of aromatic nitrogens is 2. The highest BCUT2D eigenvalue weighted by atomic mass is 32.1. The first-order chi connectivity index (χ1) is 5.86. The number of hydrogen-bond acceptors (Lipinski definition) is 3. The van der Waals surface area contributed by atoms with Gasteiger partial charge in [0.15, 0.2) is 0 Å². The van der Waals surface area contributed by atoms with E-state index in [0.717, 1.165) is 5.69 Å². The van der Waals surface area contributed by atoms with Crippen molar-refractivity contribution in [2.24, 2.45) is 0 Å². The third-order valence-electron chi connectivity index (χ3n) is 1.44. The van der Waals surface area contributed by atoms with Gasteiger partial charge in [-0.05, 0) is 23.7 Å². The SMILES string of the molecule is N=c1cnn(-c2ccccc2)s1. The zero-order valence-corrected chi connectivity index (χ0v) is 7.08. The number of nitrogens with zero attached hydrogens (tertiary/aromatic N) is 2. The lowest BCUT2D eigenvalue weighted by Gasteiger charge is -1.95. The Labute approximate surface area is 73.6 Å². The average Bonchev–Trinajstić information content (AvgIpc) is 2.54. The number of para-hydroxylation sites is 1. The van der Waals surface area contributed by atoms with Gasteiger partial charge in [-0.1, -0.05) is 18.2 Å². The summed E-state index contributed by atoms with van der Waals surface area (Å²) in [6.45, 7) is 0. The molecule has 0 fully saturated rings. The lowest BCUT2D eigenvalue weighted by molar-refractivity contribution is 0.953. The summed E-state index contributed by atoms with van der Waals surface area (Å²) >= 11 is 1.31. The molecule has 4 heteroatoms. The van der Waals surface area contributed by atoms with Gasteiger partial charge in [-0.3, -0.25) is 5.41 Å². The van der Waals surface area contributed by atoms with Crippen molar-refractivity contribution < 1.29 is 0 Å². The van der Waals surface area contributed by atoms with Crippen LogP contribution in [0.3, 0.4) is 0 Å². The summed E-state index contributed by atoms with van der Waals surface area (Å²) in [5, 5.41) is 11.3. The number of nitrogens with one attached hydrogen (secondary N) is 1. The highest BCUT2D eigenvalue weighted by Gasteiger charge is 1.94. The molecule has 3 nitrogen and oxygen atoms in total. The second-order valence-corrected chi connectivity index (χ2v) is 3.28. The maximum Gasteiger partial charge on any atom is 0.146 e. The van der Waals surface area contributed by atoms with Gasteiger partial charge >= 0.3 is 0 Å². The molecule has 0 aliphatic heterocycles. The highest BCUT2D eigenvalue weighted by molar-refractivity contribution is 7.03. The van der Waals surface area contributed by atoms with Gasteiger partial charge in [-0.15, -0.1) is 0 Å². The molecule has 0 radical (unpaired) electrons. The van der Waals surface area contributed by atoms with Crippen LogP contribution in [0.25, 0.3) is 5.69 Å². The van der Waals surface area contributed by atoms with Crippen LogP contribution in [0.5, 0.6) is 0 Å². The lowest BCUT2D eigenvalue weighted by atomic mass is 10.3. The largest absolute Gasteiger partial charge is 0.288 e. The number of hydrogen-bond donors (Lipinski definition) is 1. The topological polar surface area (TPSA) is 41.7 Å². The van der Waals surface area contributed by atoms with Crippen LogP contribution in [0.15, 0.2) is 36.5 Å². The molecule has 0 amide bonds. The molecule has 1 N–H and O–H groups in total. The Morgan fingerprint density at radius 1 is 1.25 bits per heavy atom. The fourth-order valence-corrected chi connectivity index (χ4v) is 1.52. The summed E-state index contributed by atoms with van der Waals surface area (Å²) in [5.41, 5.74) is 1.00. The van der Waals surface area contributed by atoms with E-state index < -0.39 is 0 Å². The Kier molecular flexibility index (Phi) is 1.75. The first-order valence-corrected chi connectivity index (χ1v) is 4.29. The van der Waals surface area contributed by atoms with E-state index in [0.29, 0.717) is 4.67 Å². The van der Waals surface area contributed by atoms with E-state index >= 15 is 0 Å². The van der Waals surface area contributed by atoms with Crippen LogP contribution in [0.4, 0.5) is 0 Å². The fourth-order valence-electron chi connectivity index (χ4n) is 0.920. The summed E-state index contributed by atoms with van der Waals surface area (Å²) in [4.78, 5) is 0. The van der Waals surface area contributed by atoms with Crippen molar-refractivity contribution in [1.29, 1.82) is 5.41 Å². The quantitative estimate of drug-likeness (QED) is 0.703. The van der Waals surface area contributed by atoms with Crippen LogP contribution in [0.1, 0.15) is 0 Å². The molecule has 0 saturated heterocycles. The second kappa shape index (κ2) is 2.91. The van der Waals surface area contributed by atoms with Gasteiger partial charge in [0.1, 0.15) is 4.67 Å². The minimum absolute atomic E-state index is 0.471. The van der Waals surface area contributed by atoms with Crippen molar-refractivity contribution in [3.63, 3.8) is 0 Å². The van der Waals surface area contributed by atoms with E-state index in [-0.39, 0.29) is 0 Å². The Balaban J connectivity index is 2.51. The summed E-state index contributed by atoms with van der Waals surface area (Å²) in [6, 6.07) is 9.78. The van der Waals surface area contributed by atoms with E-state index in [1.165, 1.54) is 17.7 Å². The molecule has 0 bridgehead atoms. The third kappa shape index (κ3) is 1.29. The minimum Gasteiger partial charge on any atom is -0.288 e. The first kappa shape index (κ1) is 7.24. The normalized spacial score (nSPS) is 10.0.